The highest BCUT2D eigenvalue weighted by Crippen LogP contribution is 2.20. The lowest BCUT2D eigenvalue weighted by molar-refractivity contribution is -0.142. The summed E-state index contributed by atoms with van der Waals surface area (Å²) in [4.78, 5) is 24.6. The van der Waals surface area contributed by atoms with E-state index in [1.165, 1.54) is 4.90 Å². The lowest BCUT2D eigenvalue weighted by Gasteiger charge is -2.13. The van der Waals surface area contributed by atoms with Crippen LogP contribution in [0.1, 0.15) is 23.7 Å². The standard InChI is InChI=1S/C14H21N3O3/c1-4-20-13(18)7-8-16-12-9-10(5-6-11(12)15)14(19)17(2)3/h5-6,9,16H,4,7-8,15H2,1-3H3. The van der Waals surface area contributed by atoms with Gasteiger partial charge in [0.1, 0.15) is 0 Å². The van der Waals surface area contributed by atoms with Gasteiger partial charge in [-0.15, -0.1) is 0 Å². The fraction of sp³-hybridized carbons (Fsp3) is 0.429. The molecular weight excluding hydrogens is 258 g/mol. The second kappa shape index (κ2) is 7.37. The molecule has 0 radical (unpaired) electrons. The number of esters is 1. The van der Waals surface area contributed by atoms with Gasteiger partial charge in [-0.25, -0.2) is 0 Å². The second-order valence-electron chi connectivity index (χ2n) is 4.48. The Hall–Kier alpha value is -2.24. The van der Waals surface area contributed by atoms with E-state index in [0.29, 0.717) is 30.1 Å². The van der Waals surface area contributed by atoms with Gasteiger partial charge in [-0.1, -0.05) is 0 Å². The monoisotopic (exact) mass is 279 g/mol. The number of ether oxygens (including phenoxy) is 1. The van der Waals surface area contributed by atoms with Gasteiger partial charge in [0.2, 0.25) is 0 Å². The van der Waals surface area contributed by atoms with Crippen LogP contribution in [0.5, 0.6) is 0 Å². The number of nitrogens with two attached hydrogens (primary N) is 1. The van der Waals surface area contributed by atoms with E-state index in [1.54, 1.807) is 39.2 Å². The predicted octanol–water partition coefficient (Wildman–Crippen LogP) is 1.34. The van der Waals surface area contributed by atoms with Gasteiger partial charge in [0.05, 0.1) is 24.4 Å². The molecule has 0 aliphatic carbocycles. The van der Waals surface area contributed by atoms with Crippen LogP contribution in [0.4, 0.5) is 11.4 Å². The summed E-state index contributed by atoms with van der Waals surface area (Å²) in [5.41, 5.74) is 7.55. The molecule has 3 N–H and O–H groups in total. The minimum absolute atomic E-state index is 0.0987. The number of nitrogens with one attached hydrogen (secondary N) is 1. The van der Waals surface area contributed by atoms with Crippen molar-refractivity contribution in [3.05, 3.63) is 23.8 Å². The largest absolute Gasteiger partial charge is 0.466 e. The average molecular weight is 279 g/mol. The van der Waals surface area contributed by atoms with Gasteiger partial charge in [-0.2, -0.15) is 0 Å². The molecule has 0 aromatic heterocycles. The molecule has 0 atom stereocenters. The first-order chi connectivity index (χ1) is 9.45. The Morgan fingerprint density at radius 2 is 2.05 bits per heavy atom. The molecule has 0 aliphatic heterocycles. The summed E-state index contributed by atoms with van der Waals surface area (Å²) in [6.45, 7) is 2.54. The third kappa shape index (κ3) is 4.46. The summed E-state index contributed by atoms with van der Waals surface area (Å²) in [6.07, 6.45) is 0.249. The first-order valence-corrected chi connectivity index (χ1v) is 6.46. The van der Waals surface area contributed by atoms with E-state index >= 15 is 0 Å². The minimum atomic E-state index is -0.265. The van der Waals surface area contributed by atoms with Crippen LogP contribution in [0.15, 0.2) is 18.2 Å². The highest BCUT2D eigenvalue weighted by atomic mass is 16.5. The zero-order valence-corrected chi connectivity index (χ0v) is 12.1. The number of carbonyl (C=O) groups is 2. The molecule has 0 saturated carbocycles. The first kappa shape index (κ1) is 15.8. The molecule has 0 aliphatic rings. The molecule has 6 heteroatoms. The van der Waals surface area contributed by atoms with Crippen LogP contribution >= 0.6 is 0 Å². The molecule has 6 nitrogen and oxygen atoms in total. The molecule has 0 saturated heterocycles. The van der Waals surface area contributed by atoms with Crippen molar-refractivity contribution in [2.45, 2.75) is 13.3 Å². The maximum atomic E-state index is 11.9. The van der Waals surface area contributed by atoms with Gasteiger partial charge >= 0.3 is 5.97 Å². The van der Waals surface area contributed by atoms with Crippen LogP contribution in [0, 0.1) is 0 Å². The van der Waals surface area contributed by atoms with Gasteiger partial charge in [0.25, 0.3) is 5.91 Å². The predicted molar refractivity (Wildman–Crippen MR) is 78.6 cm³/mol. The summed E-state index contributed by atoms with van der Waals surface area (Å²) >= 11 is 0. The Morgan fingerprint density at radius 3 is 2.65 bits per heavy atom. The minimum Gasteiger partial charge on any atom is -0.466 e. The smallest absolute Gasteiger partial charge is 0.307 e. The van der Waals surface area contributed by atoms with Gasteiger partial charge in [0.15, 0.2) is 0 Å². The number of carbonyl (C=O) groups excluding carboxylic acids is 2. The van der Waals surface area contributed by atoms with Gasteiger partial charge in [0, 0.05) is 26.2 Å². The number of rotatable bonds is 6. The van der Waals surface area contributed by atoms with E-state index in [-0.39, 0.29) is 18.3 Å². The molecule has 0 unspecified atom stereocenters. The molecule has 1 aromatic carbocycles. The van der Waals surface area contributed by atoms with E-state index in [0.717, 1.165) is 0 Å². The van der Waals surface area contributed by atoms with E-state index in [4.69, 9.17) is 10.5 Å². The summed E-state index contributed by atoms with van der Waals surface area (Å²) < 4.78 is 4.83. The third-order valence-corrected chi connectivity index (χ3v) is 2.66. The molecule has 1 amide bonds. The summed E-state index contributed by atoms with van der Waals surface area (Å²) in [7, 11) is 3.37. The number of hydrogen-bond acceptors (Lipinski definition) is 5. The van der Waals surface area contributed by atoms with Crippen molar-refractivity contribution in [3.8, 4) is 0 Å². The quantitative estimate of drug-likeness (QED) is 0.606. The molecular formula is C14H21N3O3. The Morgan fingerprint density at radius 1 is 1.35 bits per heavy atom. The van der Waals surface area contributed by atoms with Crippen LogP contribution in [-0.4, -0.2) is 44.0 Å². The van der Waals surface area contributed by atoms with E-state index in [2.05, 4.69) is 5.32 Å². The third-order valence-electron chi connectivity index (χ3n) is 2.66. The van der Waals surface area contributed by atoms with Crippen molar-refractivity contribution < 1.29 is 14.3 Å². The molecule has 20 heavy (non-hydrogen) atoms. The average Bonchev–Trinajstić information content (AvgIpc) is 2.40. The fourth-order valence-corrected chi connectivity index (χ4v) is 1.63. The van der Waals surface area contributed by atoms with Crippen molar-refractivity contribution in [3.63, 3.8) is 0 Å². The van der Waals surface area contributed by atoms with Gasteiger partial charge in [-0.05, 0) is 25.1 Å². The molecule has 0 spiro atoms. The number of nitrogen functional groups attached to an aromatic ring is 1. The van der Waals surface area contributed by atoms with Crippen LogP contribution in [0.25, 0.3) is 0 Å². The highest BCUT2D eigenvalue weighted by molar-refractivity contribution is 5.95. The number of amides is 1. The maximum absolute atomic E-state index is 11.9. The van der Waals surface area contributed by atoms with Crippen LogP contribution in [0.3, 0.4) is 0 Å². The number of anilines is 2. The number of benzene rings is 1. The van der Waals surface area contributed by atoms with Crippen LogP contribution < -0.4 is 11.1 Å². The van der Waals surface area contributed by atoms with Crippen LogP contribution in [0.2, 0.25) is 0 Å². The molecule has 0 fully saturated rings. The molecule has 110 valence electrons. The van der Waals surface area contributed by atoms with Crippen molar-refractivity contribution in [1.82, 2.24) is 4.90 Å². The first-order valence-electron chi connectivity index (χ1n) is 6.46. The van der Waals surface area contributed by atoms with Gasteiger partial charge in [-0.3, -0.25) is 9.59 Å². The van der Waals surface area contributed by atoms with E-state index < -0.39 is 0 Å². The summed E-state index contributed by atoms with van der Waals surface area (Å²) in [5, 5.41) is 3.04. The number of hydrogen-bond donors (Lipinski definition) is 2. The summed E-state index contributed by atoms with van der Waals surface area (Å²) in [5.74, 6) is -0.363. The lowest BCUT2D eigenvalue weighted by atomic mass is 10.1. The van der Waals surface area contributed by atoms with E-state index in [9.17, 15) is 9.59 Å². The van der Waals surface area contributed by atoms with Crippen LogP contribution in [-0.2, 0) is 9.53 Å². The number of nitrogens with zero attached hydrogens (tertiary/aromatic N) is 1. The second-order valence-corrected chi connectivity index (χ2v) is 4.48. The maximum Gasteiger partial charge on any atom is 0.307 e. The Kier molecular flexibility index (Phi) is 5.83. The van der Waals surface area contributed by atoms with E-state index in [1.807, 2.05) is 0 Å². The fourth-order valence-electron chi connectivity index (χ4n) is 1.63. The zero-order chi connectivity index (χ0) is 15.1. The highest BCUT2D eigenvalue weighted by Gasteiger charge is 2.10. The molecule has 0 bridgehead atoms. The van der Waals surface area contributed by atoms with Crippen molar-refractivity contribution >= 4 is 23.3 Å². The molecule has 0 heterocycles. The topological polar surface area (TPSA) is 84.7 Å². The Balaban J connectivity index is 2.67. The molecule has 1 rings (SSSR count). The molecule has 1 aromatic rings. The SMILES string of the molecule is CCOC(=O)CCNc1cc(C(=O)N(C)C)ccc1N. The lowest BCUT2D eigenvalue weighted by Crippen LogP contribution is -2.22. The van der Waals surface area contributed by atoms with Crippen molar-refractivity contribution in [2.75, 3.05) is 38.3 Å². The van der Waals surface area contributed by atoms with Crippen molar-refractivity contribution in [1.29, 1.82) is 0 Å². The Labute approximate surface area is 118 Å². The Bertz CT molecular complexity index is 487. The summed E-state index contributed by atoms with van der Waals surface area (Å²) in [6, 6.07) is 5.03. The van der Waals surface area contributed by atoms with Gasteiger partial charge < -0.3 is 20.7 Å². The normalized spacial score (nSPS) is 9.95. The van der Waals surface area contributed by atoms with Crippen molar-refractivity contribution in [2.24, 2.45) is 0 Å². The zero-order valence-electron chi connectivity index (χ0n) is 12.1.